The van der Waals surface area contributed by atoms with Crippen LogP contribution < -0.4 is 43.5 Å². The first-order valence-electron chi connectivity index (χ1n) is 41.5. The van der Waals surface area contributed by atoms with E-state index in [9.17, 15) is 39.0 Å². The van der Waals surface area contributed by atoms with Crippen LogP contribution in [-0.4, -0.2) is 184 Å². The van der Waals surface area contributed by atoms with E-state index in [1.807, 2.05) is 161 Å². The van der Waals surface area contributed by atoms with Gasteiger partial charge in [-0.15, -0.1) is 0 Å². The minimum Gasteiger partial charge on any atom is -0.870 e. The van der Waals surface area contributed by atoms with Crippen LogP contribution in [0.5, 0.6) is 28.7 Å². The number of amidine groups is 1. The van der Waals surface area contributed by atoms with Crippen LogP contribution in [0, 0.1) is 17.8 Å². The number of esters is 2. The SMILES string of the molecule is CC(C)Br.CC(C)Oc1cccc(-c2nc(-c3cccc4c3CC3CC(=O)N(CCO)C43)no2)c1.CC(C)Oc1cccc(-c2nc(-c3cccc4c3CC3CC(=O)N(CCO)C43)no2)c1.CC(C)Oc1cccc(C(=O)O)c1.CCCN1C(=O)CC2Cc3c(/C(N)=N/O)cccc3C21.COC(=O)c1cccc(O)c1.COC(=O)c1cccc(OC(C)C)c1.[Li+].[OH-]. The van der Waals surface area contributed by atoms with E-state index in [4.69, 9.17) is 49.1 Å². The Kier molecular flexibility index (Phi) is 37.0. The fourth-order valence-corrected chi connectivity index (χ4v) is 16.1. The molecule has 6 atom stereocenters. The molecular weight excluding hydrogens is 1670 g/mol. The standard InChI is InChI=1S/2C24H25N3O4.C15H19N3O2.C11H14O3.C10H12O3.C8H8O3.C3H7Br.Li.H2O/c2*1-14(2)30-17-6-3-5-15(11-17)24-25-23(26-31-24)19-8-4-7-18-20(19)12-16-13-21(29)27(9-10-28)22(16)18;1-2-6-18-13(19)8-9-7-12-10(14(9)18)4-3-5-11(12)15(16)17-20;1-8(2)14-10-6-4-5-9(7-10)11(12)13-3;1-7(2)13-9-5-3-4-8(6-9)10(11)12;1-11-8(10)6-3-2-4-7(9)5-6;1-3(2)4;;/h2*3-8,11,14,16,22,28H,9-10,12-13H2,1-2H3;3-5,9,14,20H,2,6-8H2,1H3,(H2,16,17);4-8H,1-3H3;3-7H,1-2H3,(H,11,12);2-5,9H,1H3;3H,1-2H3;;1H2/q;;;;;;;+1;/p-1. The number of aromatic hydroxyl groups is 1. The number of aliphatic hydroxyl groups excluding tert-OH is 2. The fraction of sp³-hybridized carbons (Fsp3) is 0.379. The molecule has 3 amide bonds. The first kappa shape index (κ1) is 99.5. The molecule has 10 aromatic rings. The number of benzene rings is 8. The molecule has 3 aliphatic carbocycles. The van der Waals surface area contributed by atoms with E-state index in [-0.39, 0.29) is 133 Å². The van der Waals surface area contributed by atoms with Crippen LogP contribution in [0.25, 0.3) is 45.7 Å². The third kappa shape index (κ3) is 25.5. The van der Waals surface area contributed by atoms with Crippen molar-refractivity contribution in [2.75, 3.05) is 47.1 Å². The topological polar surface area (TPSA) is 415 Å². The summed E-state index contributed by atoms with van der Waals surface area (Å²) in [6.45, 7) is 23.3. The van der Waals surface area contributed by atoms with Gasteiger partial charge in [-0.05, 0) is 223 Å². The number of ether oxygens (including phenoxy) is 6. The van der Waals surface area contributed by atoms with E-state index in [1.54, 1.807) is 42.5 Å². The summed E-state index contributed by atoms with van der Waals surface area (Å²) in [4.78, 5) is 85.0. The number of nitrogens with two attached hydrogens (primary N) is 1. The minimum atomic E-state index is -0.936. The van der Waals surface area contributed by atoms with Crippen molar-refractivity contribution in [2.24, 2.45) is 28.6 Å². The Labute approximate surface area is 754 Å². The van der Waals surface area contributed by atoms with Crippen LogP contribution in [0.15, 0.2) is 190 Å². The molecular formula is C95H111BrLiN9O20. The Balaban J connectivity index is 0.000000193. The Hall–Kier alpha value is -11.9. The molecule has 31 heteroatoms. The number of alkyl halides is 1. The van der Waals surface area contributed by atoms with E-state index >= 15 is 0 Å². The Morgan fingerprint density at radius 1 is 0.492 bits per heavy atom. The van der Waals surface area contributed by atoms with Gasteiger partial charge in [-0.1, -0.05) is 137 Å². The molecule has 0 saturated carbocycles. The van der Waals surface area contributed by atoms with Crippen molar-refractivity contribution in [1.82, 2.24) is 35.0 Å². The number of carboxylic acids is 1. The molecule has 29 nitrogen and oxygen atoms in total. The summed E-state index contributed by atoms with van der Waals surface area (Å²) < 4.78 is 42.5. The van der Waals surface area contributed by atoms with Crippen molar-refractivity contribution in [3.63, 3.8) is 0 Å². The maximum absolute atomic E-state index is 12.4. The number of phenolic OH excluding ortho intramolecular Hbond substituents is 1. The molecule has 0 spiro atoms. The number of rotatable bonds is 22. The second-order valence-corrected chi connectivity index (χ2v) is 33.5. The maximum atomic E-state index is 12.4. The summed E-state index contributed by atoms with van der Waals surface area (Å²) in [7, 11) is 2.66. The Morgan fingerprint density at radius 3 is 1.21 bits per heavy atom. The number of oxime groups is 1. The van der Waals surface area contributed by atoms with Crippen molar-refractivity contribution in [1.29, 1.82) is 0 Å². The fourth-order valence-electron chi connectivity index (χ4n) is 16.1. The van der Waals surface area contributed by atoms with Gasteiger partial charge in [0.2, 0.25) is 29.4 Å². The first-order valence-corrected chi connectivity index (χ1v) is 42.4. The van der Waals surface area contributed by atoms with Crippen molar-refractivity contribution in [2.45, 2.75) is 168 Å². The Morgan fingerprint density at radius 2 is 0.833 bits per heavy atom. The summed E-state index contributed by atoms with van der Waals surface area (Å²) in [5.74, 6) is 4.52. The predicted molar refractivity (Wildman–Crippen MR) is 472 cm³/mol. The summed E-state index contributed by atoms with van der Waals surface area (Å²) in [5, 5.41) is 56.9. The van der Waals surface area contributed by atoms with Crippen molar-refractivity contribution < 1.29 is 116 Å². The number of carbonyl (C=O) groups is 6. The molecule has 3 saturated heterocycles. The third-order valence-corrected chi connectivity index (χ3v) is 20.7. The van der Waals surface area contributed by atoms with Gasteiger partial charge >= 0.3 is 36.8 Å². The average Bonchev–Trinajstić information content (AvgIpc) is 1.59. The second kappa shape index (κ2) is 46.9. The molecule has 8 N–H and O–H groups in total. The summed E-state index contributed by atoms with van der Waals surface area (Å²) in [6.07, 6.45) is 5.34. The summed E-state index contributed by atoms with van der Waals surface area (Å²) in [6, 6.07) is 52.8. The summed E-state index contributed by atoms with van der Waals surface area (Å²) in [5.41, 5.74) is 18.0. The number of carboxylic acid groups (broad SMARTS) is 1. The Bertz CT molecular complexity index is 5190. The van der Waals surface area contributed by atoms with Crippen LogP contribution in [-0.2, 0) is 43.1 Å². The van der Waals surface area contributed by atoms with Gasteiger partial charge in [0.05, 0.1) is 86.7 Å². The number of halogens is 1. The average molecular weight is 1790 g/mol. The molecule has 6 unspecified atom stereocenters. The molecule has 6 aliphatic rings. The van der Waals surface area contributed by atoms with E-state index in [0.717, 1.165) is 99.4 Å². The molecule has 126 heavy (non-hydrogen) atoms. The number of hydrogen-bond acceptors (Lipinski definition) is 24. The van der Waals surface area contributed by atoms with E-state index < -0.39 is 11.9 Å². The molecule has 3 aliphatic heterocycles. The number of amides is 3. The van der Waals surface area contributed by atoms with Gasteiger partial charge in [0.1, 0.15) is 28.7 Å². The number of fused-ring (bicyclic) bond motifs is 9. The van der Waals surface area contributed by atoms with Gasteiger partial charge in [-0.2, -0.15) is 9.97 Å². The number of phenols is 1. The number of carbonyl (C=O) groups excluding carboxylic acids is 5. The quantitative estimate of drug-likeness (QED) is 0.00698. The first-order chi connectivity index (χ1) is 59.5. The van der Waals surface area contributed by atoms with Gasteiger partial charge < -0.3 is 89.0 Å². The van der Waals surface area contributed by atoms with Gasteiger partial charge in [-0.3, -0.25) is 14.4 Å². The molecule has 0 radical (unpaired) electrons. The smallest absolute Gasteiger partial charge is 0.870 e. The van der Waals surface area contributed by atoms with Gasteiger partial charge in [0, 0.05) is 71.5 Å². The van der Waals surface area contributed by atoms with Crippen LogP contribution in [0.3, 0.4) is 0 Å². The van der Waals surface area contributed by atoms with Crippen LogP contribution in [0.4, 0.5) is 0 Å². The normalized spacial score (nSPS) is 16.9. The molecule has 3 fully saturated rings. The van der Waals surface area contributed by atoms with Crippen LogP contribution >= 0.6 is 15.9 Å². The van der Waals surface area contributed by atoms with Crippen LogP contribution in [0.1, 0.15) is 190 Å². The number of aromatic carboxylic acids is 1. The zero-order chi connectivity index (χ0) is 89.6. The molecule has 2 aromatic heterocycles. The zero-order valence-corrected chi connectivity index (χ0v) is 75.1. The molecule has 16 rings (SSSR count). The molecule has 664 valence electrons. The second-order valence-electron chi connectivity index (χ2n) is 31.6. The van der Waals surface area contributed by atoms with E-state index in [0.29, 0.717) is 89.2 Å². The maximum Gasteiger partial charge on any atom is 1.00 e. The predicted octanol–water partition coefficient (Wildman–Crippen LogP) is 13.1. The molecule has 8 aromatic carbocycles. The number of likely N-dealkylation sites (tertiary alicyclic amines) is 3. The van der Waals surface area contributed by atoms with Gasteiger partial charge in [0.15, 0.2) is 5.84 Å². The van der Waals surface area contributed by atoms with Crippen molar-refractivity contribution in [3.05, 3.63) is 232 Å². The number of aliphatic hydroxyl groups is 2. The zero-order valence-electron chi connectivity index (χ0n) is 73.5. The van der Waals surface area contributed by atoms with Gasteiger partial charge in [-0.25, -0.2) is 14.4 Å². The summed E-state index contributed by atoms with van der Waals surface area (Å²) >= 11 is 3.27. The number of methoxy groups -OCH3 is 2. The number of aromatic nitrogens is 4. The van der Waals surface area contributed by atoms with E-state index in [2.05, 4.69) is 89.8 Å². The van der Waals surface area contributed by atoms with Crippen LogP contribution in [0.2, 0.25) is 0 Å². The molecule has 0 bridgehead atoms. The van der Waals surface area contributed by atoms with E-state index in [1.165, 1.54) is 44.0 Å². The van der Waals surface area contributed by atoms with Crippen molar-refractivity contribution in [3.8, 4) is 74.4 Å². The van der Waals surface area contributed by atoms with Crippen molar-refractivity contribution >= 4 is 57.4 Å². The van der Waals surface area contributed by atoms with Gasteiger partial charge in [0.25, 0.3) is 11.8 Å². The third-order valence-electron chi connectivity index (χ3n) is 20.7. The monoisotopic (exact) mass is 1780 g/mol. The largest absolute Gasteiger partial charge is 1.00 e. The number of nitrogens with zero attached hydrogens (tertiary/aromatic N) is 8. The minimum absolute atomic E-state index is 0. The number of β-amino-alcohol motifs (C(OH)–C–C–N with tert-alkyl or cyclic N) is 2. The molecule has 5 heterocycles. The number of hydrogen-bond donors (Lipinski definition) is 6.